The summed E-state index contributed by atoms with van der Waals surface area (Å²) in [5.74, 6) is 1.57. The number of nitrogens with zero attached hydrogens (tertiary/aromatic N) is 1. The van der Waals surface area contributed by atoms with Gasteiger partial charge in [-0.25, -0.2) is 4.79 Å². The minimum atomic E-state index is -0.460. The molecule has 25 heavy (non-hydrogen) atoms. The van der Waals surface area contributed by atoms with Gasteiger partial charge >= 0.3 is 5.97 Å². The van der Waals surface area contributed by atoms with Crippen molar-refractivity contribution in [3.8, 4) is 22.1 Å². The van der Waals surface area contributed by atoms with Crippen molar-refractivity contribution >= 4 is 23.4 Å². The van der Waals surface area contributed by atoms with Crippen LogP contribution in [0.5, 0.6) is 11.5 Å². The van der Waals surface area contributed by atoms with Crippen molar-refractivity contribution in [2.45, 2.75) is 6.61 Å². The molecule has 0 aliphatic carbocycles. The lowest BCUT2D eigenvalue weighted by molar-refractivity contribution is -0.139. The van der Waals surface area contributed by atoms with Crippen LogP contribution in [0.15, 0.2) is 52.4 Å². The first-order valence-electron chi connectivity index (χ1n) is 7.52. The third-order valence-corrected chi connectivity index (χ3v) is 4.38. The molecule has 4 rings (SSSR count). The summed E-state index contributed by atoms with van der Waals surface area (Å²) in [6.07, 6.45) is 3.02. The molecule has 0 saturated heterocycles. The molecule has 126 valence electrons. The molecule has 0 saturated carbocycles. The van der Waals surface area contributed by atoms with E-state index in [1.807, 2.05) is 23.6 Å². The summed E-state index contributed by atoms with van der Waals surface area (Å²) in [5, 5.41) is 5.86. The van der Waals surface area contributed by atoms with Crippen LogP contribution in [-0.2, 0) is 16.1 Å². The Hall–Kier alpha value is -3.06. The molecule has 0 unspecified atom stereocenters. The summed E-state index contributed by atoms with van der Waals surface area (Å²) in [5.41, 5.74) is 1.39. The highest BCUT2D eigenvalue weighted by atomic mass is 32.1. The Morgan fingerprint density at radius 2 is 2.16 bits per heavy atom. The summed E-state index contributed by atoms with van der Waals surface area (Å²) in [6, 6.07) is 11.1. The SMILES string of the molecule is O=C(/C=C\c1ccc2c(c1)OCO2)OCc1cc(-c2cccs2)on1. The summed E-state index contributed by atoms with van der Waals surface area (Å²) < 4.78 is 20.9. The summed E-state index contributed by atoms with van der Waals surface area (Å²) in [6.45, 7) is 0.273. The van der Waals surface area contributed by atoms with Gasteiger partial charge in [0.15, 0.2) is 17.3 Å². The minimum absolute atomic E-state index is 0.0547. The van der Waals surface area contributed by atoms with Crippen molar-refractivity contribution in [2.24, 2.45) is 0 Å². The molecule has 3 heterocycles. The van der Waals surface area contributed by atoms with Crippen molar-refractivity contribution in [2.75, 3.05) is 6.79 Å². The maximum Gasteiger partial charge on any atom is 0.331 e. The maximum absolute atomic E-state index is 11.8. The third kappa shape index (κ3) is 3.56. The Bertz CT molecular complexity index is 913. The van der Waals surface area contributed by atoms with Gasteiger partial charge in [0.25, 0.3) is 0 Å². The van der Waals surface area contributed by atoms with Crippen LogP contribution >= 0.6 is 11.3 Å². The van der Waals surface area contributed by atoms with Crippen LogP contribution in [0.2, 0.25) is 0 Å². The van der Waals surface area contributed by atoms with Gasteiger partial charge in [0, 0.05) is 12.1 Å². The number of thiophene rings is 1. The van der Waals surface area contributed by atoms with E-state index in [9.17, 15) is 4.79 Å². The number of fused-ring (bicyclic) bond motifs is 1. The van der Waals surface area contributed by atoms with E-state index in [1.54, 1.807) is 35.6 Å². The molecule has 7 heteroatoms. The Balaban J connectivity index is 1.33. The predicted molar refractivity (Wildman–Crippen MR) is 91.2 cm³/mol. The number of hydrogen-bond acceptors (Lipinski definition) is 7. The average molecular weight is 355 g/mol. The number of esters is 1. The van der Waals surface area contributed by atoms with Crippen LogP contribution in [0, 0.1) is 0 Å². The van der Waals surface area contributed by atoms with Crippen molar-refractivity contribution in [3.63, 3.8) is 0 Å². The number of carbonyl (C=O) groups is 1. The van der Waals surface area contributed by atoms with E-state index in [-0.39, 0.29) is 13.4 Å². The fourth-order valence-electron chi connectivity index (χ4n) is 2.29. The molecular formula is C18H13NO5S. The van der Waals surface area contributed by atoms with E-state index in [4.69, 9.17) is 18.7 Å². The molecule has 0 bridgehead atoms. The van der Waals surface area contributed by atoms with Gasteiger partial charge in [-0.15, -0.1) is 11.3 Å². The second kappa shape index (κ2) is 6.82. The Morgan fingerprint density at radius 3 is 3.04 bits per heavy atom. The smallest absolute Gasteiger partial charge is 0.331 e. The third-order valence-electron chi connectivity index (χ3n) is 3.49. The lowest BCUT2D eigenvalue weighted by Crippen LogP contribution is -2.00. The van der Waals surface area contributed by atoms with E-state index in [0.717, 1.165) is 10.4 Å². The zero-order valence-corrected chi connectivity index (χ0v) is 13.8. The summed E-state index contributed by atoms with van der Waals surface area (Å²) in [4.78, 5) is 12.8. The standard InChI is InChI=1S/C18H13NO5S/c20-18(6-4-12-3-5-14-15(8-12)23-11-22-14)21-10-13-9-16(24-19-13)17-2-1-7-25-17/h1-9H,10-11H2/b6-4-. The molecule has 1 aromatic carbocycles. The molecule has 0 atom stereocenters. The van der Waals surface area contributed by atoms with Crippen LogP contribution in [0.1, 0.15) is 11.3 Å². The molecule has 0 spiro atoms. The Morgan fingerprint density at radius 1 is 1.24 bits per heavy atom. The molecule has 1 aliphatic heterocycles. The number of ether oxygens (including phenoxy) is 3. The zero-order chi connectivity index (χ0) is 17.1. The fourth-order valence-corrected chi connectivity index (χ4v) is 2.96. The molecule has 0 radical (unpaired) electrons. The minimum Gasteiger partial charge on any atom is -0.456 e. The second-order valence-electron chi connectivity index (χ2n) is 5.21. The number of carbonyl (C=O) groups excluding carboxylic acids is 1. The van der Waals surface area contributed by atoms with Crippen LogP contribution in [-0.4, -0.2) is 17.9 Å². The first-order chi connectivity index (χ1) is 12.3. The number of benzene rings is 1. The van der Waals surface area contributed by atoms with Crippen molar-refractivity contribution in [3.05, 3.63) is 59.1 Å². The van der Waals surface area contributed by atoms with Gasteiger partial charge in [-0.3, -0.25) is 0 Å². The number of aromatic nitrogens is 1. The highest BCUT2D eigenvalue weighted by Crippen LogP contribution is 2.32. The van der Waals surface area contributed by atoms with E-state index < -0.39 is 5.97 Å². The van der Waals surface area contributed by atoms with Gasteiger partial charge in [-0.2, -0.15) is 0 Å². The molecule has 6 nitrogen and oxygen atoms in total. The van der Waals surface area contributed by atoms with Gasteiger partial charge in [-0.05, 0) is 35.2 Å². The molecule has 0 fully saturated rings. The zero-order valence-electron chi connectivity index (χ0n) is 13.0. The summed E-state index contributed by atoms with van der Waals surface area (Å²) in [7, 11) is 0. The first kappa shape index (κ1) is 15.5. The largest absolute Gasteiger partial charge is 0.456 e. The predicted octanol–water partition coefficient (Wildman–Crippen LogP) is 3.89. The molecule has 2 aromatic heterocycles. The van der Waals surface area contributed by atoms with E-state index in [0.29, 0.717) is 23.0 Å². The van der Waals surface area contributed by atoms with Gasteiger partial charge in [0.1, 0.15) is 12.3 Å². The Labute approximate surface area is 147 Å². The van der Waals surface area contributed by atoms with Crippen molar-refractivity contribution < 1.29 is 23.5 Å². The van der Waals surface area contributed by atoms with E-state index >= 15 is 0 Å². The highest BCUT2D eigenvalue weighted by molar-refractivity contribution is 7.13. The number of rotatable bonds is 5. The molecule has 0 N–H and O–H groups in total. The van der Waals surface area contributed by atoms with Crippen molar-refractivity contribution in [1.29, 1.82) is 0 Å². The Kier molecular flexibility index (Phi) is 4.22. The van der Waals surface area contributed by atoms with Gasteiger partial charge in [-0.1, -0.05) is 17.3 Å². The summed E-state index contributed by atoms with van der Waals surface area (Å²) >= 11 is 1.56. The molecular weight excluding hydrogens is 342 g/mol. The van der Waals surface area contributed by atoms with Crippen LogP contribution in [0.25, 0.3) is 16.7 Å². The maximum atomic E-state index is 11.8. The van der Waals surface area contributed by atoms with Gasteiger partial charge in [0.05, 0.1) is 4.88 Å². The second-order valence-corrected chi connectivity index (χ2v) is 6.16. The molecule has 0 amide bonds. The topological polar surface area (TPSA) is 70.8 Å². The van der Waals surface area contributed by atoms with E-state index in [1.165, 1.54) is 6.08 Å². The van der Waals surface area contributed by atoms with Crippen LogP contribution < -0.4 is 9.47 Å². The average Bonchev–Trinajstić information content (AvgIpc) is 3.38. The lowest BCUT2D eigenvalue weighted by atomic mass is 10.2. The van der Waals surface area contributed by atoms with Gasteiger partial charge in [0.2, 0.25) is 6.79 Å². The van der Waals surface area contributed by atoms with Crippen LogP contribution in [0.4, 0.5) is 0 Å². The van der Waals surface area contributed by atoms with Crippen molar-refractivity contribution in [1.82, 2.24) is 5.16 Å². The number of hydrogen-bond donors (Lipinski definition) is 0. The molecule has 3 aromatic rings. The quantitative estimate of drug-likeness (QED) is 0.511. The lowest BCUT2D eigenvalue weighted by Gasteiger charge is -1.99. The van der Waals surface area contributed by atoms with Crippen LogP contribution in [0.3, 0.4) is 0 Å². The highest BCUT2D eigenvalue weighted by Gasteiger charge is 2.12. The molecule has 1 aliphatic rings. The van der Waals surface area contributed by atoms with Gasteiger partial charge < -0.3 is 18.7 Å². The normalized spacial score (nSPS) is 12.6. The first-order valence-corrected chi connectivity index (χ1v) is 8.40. The fraction of sp³-hybridized carbons (Fsp3) is 0.111. The van der Waals surface area contributed by atoms with E-state index in [2.05, 4.69) is 5.16 Å². The monoisotopic (exact) mass is 355 g/mol.